The summed E-state index contributed by atoms with van der Waals surface area (Å²) >= 11 is 0. The second-order valence-electron chi connectivity index (χ2n) is 4.79. The highest BCUT2D eigenvalue weighted by Gasteiger charge is 2.18. The summed E-state index contributed by atoms with van der Waals surface area (Å²) in [6.07, 6.45) is 0. The first-order valence-corrected chi connectivity index (χ1v) is 8.36. The van der Waals surface area contributed by atoms with E-state index in [2.05, 4.69) is 22.4 Å². The lowest BCUT2D eigenvalue weighted by Crippen LogP contribution is -2.26. The van der Waals surface area contributed by atoms with Crippen molar-refractivity contribution < 1.29 is 26.4 Å². The Balaban J connectivity index is 0.000000301. The molecule has 0 saturated heterocycles. The third kappa shape index (κ3) is 5.02. The molecule has 0 fully saturated rings. The Morgan fingerprint density at radius 1 is 0.958 bits per heavy atom. The Labute approximate surface area is 140 Å². The molecule has 24 heavy (non-hydrogen) atoms. The Kier molecular flexibility index (Phi) is 5.86. The molecule has 0 aliphatic carbocycles. The van der Waals surface area contributed by atoms with Gasteiger partial charge in [0, 0.05) is 5.56 Å². The third-order valence-corrected chi connectivity index (χ3v) is 3.58. The van der Waals surface area contributed by atoms with Crippen LogP contribution in [0.2, 0.25) is 0 Å². The molecular formula is C17H17NO5S. The lowest BCUT2D eigenvalue weighted by atomic mass is 10.1. The Hall–Kier alpha value is -2.48. The standard InChI is InChI=1S/C16H14NO.CH4O4S/c1-17-15(13-8-4-2-5-9-13)12-16(18-17)14-10-6-3-7-11-14;1-5-6(2,3)4/h2-12H,1H3;1H3,(H,2,3,4)/q+1;/p-1. The first-order valence-electron chi connectivity index (χ1n) is 7.03. The van der Waals surface area contributed by atoms with Crippen LogP contribution < -0.4 is 4.74 Å². The number of aryl methyl sites for hydroxylation is 1. The molecule has 7 heteroatoms. The average molecular weight is 347 g/mol. The first kappa shape index (κ1) is 17.9. The number of nitrogens with zero attached hydrogens (tertiary/aromatic N) is 1. The van der Waals surface area contributed by atoms with Crippen molar-refractivity contribution in [2.24, 2.45) is 7.05 Å². The lowest BCUT2D eigenvalue weighted by Gasteiger charge is -1.98. The van der Waals surface area contributed by atoms with Gasteiger partial charge in [-0.2, -0.15) is 0 Å². The summed E-state index contributed by atoms with van der Waals surface area (Å²) in [6.45, 7) is 0. The summed E-state index contributed by atoms with van der Waals surface area (Å²) in [5, 5.41) is 0. The van der Waals surface area contributed by atoms with Gasteiger partial charge in [0.25, 0.3) is 5.69 Å². The van der Waals surface area contributed by atoms with Crippen molar-refractivity contribution in [2.45, 2.75) is 0 Å². The number of rotatable bonds is 3. The SMILES string of the molecule is COS(=O)(=O)[O-].C[n+]1oc(-c2ccccc2)cc1-c1ccccc1. The van der Waals surface area contributed by atoms with Crippen LogP contribution in [0.15, 0.2) is 71.3 Å². The van der Waals surface area contributed by atoms with E-state index >= 15 is 0 Å². The fraction of sp³-hybridized carbons (Fsp3) is 0.118. The second-order valence-corrected chi connectivity index (χ2v) is 5.94. The normalized spacial score (nSPS) is 10.8. The van der Waals surface area contributed by atoms with Gasteiger partial charge in [-0.15, -0.1) is 0 Å². The molecule has 2 aromatic carbocycles. The molecule has 0 aliphatic rings. The van der Waals surface area contributed by atoms with Crippen LogP contribution in [-0.2, 0) is 21.6 Å². The van der Waals surface area contributed by atoms with Crippen LogP contribution >= 0.6 is 0 Å². The summed E-state index contributed by atoms with van der Waals surface area (Å²) in [4.78, 5) is 0. The second kappa shape index (κ2) is 7.87. The molecule has 1 aromatic heterocycles. The van der Waals surface area contributed by atoms with Crippen molar-refractivity contribution in [3.8, 4) is 22.6 Å². The molecule has 0 N–H and O–H groups in total. The van der Waals surface area contributed by atoms with E-state index in [1.807, 2.05) is 55.6 Å². The lowest BCUT2D eigenvalue weighted by molar-refractivity contribution is -0.834. The van der Waals surface area contributed by atoms with Crippen LogP contribution in [0.3, 0.4) is 0 Å². The highest BCUT2D eigenvalue weighted by atomic mass is 32.3. The molecular weight excluding hydrogens is 330 g/mol. The van der Waals surface area contributed by atoms with E-state index < -0.39 is 10.4 Å². The van der Waals surface area contributed by atoms with E-state index in [0.717, 1.165) is 29.7 Å². The molecule has 3 aromatic rings. The minimum absolute atomic E-state index is 0.808. The zero-order valence-electron chi connectivity index (χ0n) is 13.2. The Morgan fingerprint density at radius 2 is 1.42 bits per heavy atom. The van der Waals surface area contributed by atoms with Crippen LogP contribution in [0.5, 0.6) is 0 Å². The van der Waals surface area contributed by atoms with Gasteiger partial charge in [0.2, 0.25) is 16.2 Å². The third-order valence-electron chi connectivity index (χ3n) is 3.17. The maximum Gasteiger partial charge on any atom is 0.262 e. The van der Waals surface area contributed by atoms with Gasteiger partial charge < -0.3 is 4.55 Å². The van der Waals surface area contributed by atoms with Crippen LogP contribution in [0.4, 0.5) is 0 Å². The van der Waals surface area contributed by atoms with Crippen LogP contribution in [0.25, 0.3) is 22.6 Å². The van der Waals surface area contributed by atoms with E-state index in [-0.39, 0.29) is 0 Å². The smallest absolute Gasteiger partial charge is 0.262 e. The molecule has 0 spiro atoms. The molecule has 0 radical (unpaired) electrons. The molecule has 126 valence electrons. The predicted molar refractivity (Wildman–Crippen MR) is 87.5 cm³/mol. The van der Waals surface area contributed by atoms with Gasteiger partial charge in [-0.1, -0.05) is 48.5 Å². The van der Waals surface area contributed by atoms with E-state index in [1.165, 1.54) is 0 Å². The number of benzene rings is 2. The summed E-state index contributed by atoms with van der Waals surface area (Å²) in [6, 6.07) is 22.5. The Morgan fingerprint density at radius 3 is 1.88 bits per heavy atom. The largest absolute Gasteiger partial charge is 0.726 e. The van der Waals surface area contributed by atoms with Gasteiger partial charge >= 0.3 is 0 Å². The highest BCUT2D eigenvalue weighted by molar-refractivity contribution is 7.80. The van der Waals surface area contributed by atoms with Gasteiger partial charge in [-0.05, 0) is 16.9 Å². The molecule has 0 atom stereocenters. The van der Waals surface area contributed by atoms with Gasteiger partial charge in [-0.3, -0.25) is 4.18 Å². The maximum atomic E-state index is 9.22. The van der Waals surface area contributed by atoms with Crippen molar-refractivity contribution in [2.75, 3.05) is 7.11 Å². The van der Waals surface area contributed by atoms with Gasteiger partial charge in [-0.25, -0.2) is 12.9 Å². The molecule has 0 unspecified atom stereocenters. The monoisotopic (exact) mass is 347 g/mol. The van der Waals surface area contributed by atoms with E-state index in [0.29, 0.717) is 0 Å². The van der Waals surface area contributed by atoms with Crippen molar-refractivity contribution in [3.63, 3.8) is 0 Å². The summed E-state index contributed by atoms with van der Waals surface area (Å²) in [7, 11) is -1.68. The zero-order valence-corrected chi connectivity index (χ0v) is 14.1. The minimum Gasteiger partial charge on any atom is -0.726 e. The van der Waals surface area contributed by atoms with Gasteiger partial charge in [0.15, 0.2) is 7.05 Å². The predicted octanol–water partition coefficient (Wildman–Crippen LogP) is 2.53. The van der Waals surface area contributed by atoms with Crippen molar-refractivity contribution in [1.29, 1.82) is 0 Å². The van der Waals surface area contributed by atoms with Crippen molar-refractivity contribution >= 4 is 10.4 Å². The molecule has 0 aliphatic heterocycles. The average Bonchev–Trinajstić information content (AvgIpc) is 2.98. The number of aromatic nitrogens is 1. The quantitative estimate of drug-likeness (QED) is 0.413. The Bertz CT molecular complexity index is 874. The van der Waals surface area contributed by atoms with Crippen molar-refractivity contribution in [1.82, 2.24) is 0 Å². The van der Waals surface area contributed by atoms with Gasteiger partial charge in [0.05, 0.1) is 18.7 Å². The topological polar surface area (TPSA) is 83.5 Å². The molecule has 1 heterocycles. The van der Waals surface area contributed by atoms with E-state index in [4.69, 9.17) is 4.52 Å². The fourth-order valence-corrected chi connectivity index (χ4v) is 2.05. The molecule has 0 saturated carbocycles. The molecule has 3 rings (SSSR count). The van der Waals surface area contributed by atoms with Gasteiger partial charge in [0.1, 0.15) is 0 Å². The zero-order chi connectivity index (χ0) is 17.6. The van der Waals surface area contributed by atoms with Crippen LogP contribution in [0.1, 0.15) is 0 Å². The maximum absolute atomic E-state index is 9.22. The minimum atomic E-state index is -4.41. The van der Waals surface area contributed by atoms with E-state index in [1.54, 1.807) is 4.74 Å². The molecule has 0 bridgehead atoms. The first-order chi connectivity index (χ1) is 11.4. The summed E-state index contributed by atoms with van der Waals surface area (Å²) in [5.74, 6) is 0.886. The fourth-order valence-electron chi connectivity index (χ4n) is 2.05. The highest BCUT2D eigenvalue weighted by Crippen LogP contribution is 2.24. The van der Waals surface area contributed by atoms with Crippen LogP contribution in [0, 0.1) is 0 Å². The summed E-state index contributed by atoms with van der Waals surface area (Å²) in [5.41, 5.74) is 3.33. The number of hydrogen-bond donors (Lipinski definition) is 0. The van der Waals surface area contributed by atoms with E-state index in [9.17, 15) is 13.0 Å². The molecule has 6 nitrogen and oxygen atoms in total. The van der Waals surface area contributed by atoms with Crippen LogP contribution in [-0.4, -0.2) is 20.1 Å². The molecule has 0 amide bonds. The van der Waals surface area contributed by atoms with Crippen molar-refractivity contribution in [3.05, 3.63) is 66.7 Å². The summed E-state index contributed by atoms with van der Waals surface area (Å²) < 4.78 is 38.6. The number of hydrogen-bond acceptors (Lipinski definition) is 5.